The number of amides is 1. The van der Waals surface area contributed by atoms with Crippen molar-refractivity contribution in [1.82, 2.24) is 0 Å². The highest BCUT2D eigenvalue weighted by Gasteiger charge is 2.16. The second-order valence-corrected chi connectivity index (χ2v) is 4.50. The third-order valence-corrected chi connectivity index (χ3v) is 2.68. The van der Waals surface area contributed by atoms with Gasteiger partial charge in [-0.15, -0.1) is 0 Å². The van der Waals surface area contributed by atoms with Crippen LogP contribution >= 0.6 is 0 Å². The van der Waals surface area contributed by atoms with Crippen molar-refractivity contribution >= 4 is 17.7 Å². The zero-order valence-electron chi connectivity index (χ0n) is 13.0. The standard InChI is InChI=1S/C16H21NO5/c1-5-9-21-16(19)17-13-7-8-14(11(3)10-13)22-12(4)15(18)20-6-2/h5,7-8,10,12H,1,6,9H2,2-4H3,(H,17,19). The summed E-state index contributed by atoms with van der Waals surface area (Å²) in [6.45, 7) is 9.08. The molecule has 0 aromatic heterocycles. The molecular weight excluding hydrogens is 286 g/mol. The highest BCUT2D eigenvalue weighted by molar-refractivity contribution is 5.85. The molecule has 120 valence electrons. The highest BCUT2D eigenvalue weighted by atomic mass is 16.6. The lowest BCUT2D eigenvalue weighted by molar-refractivity contribution is -0.150. The van der Waals surface area contributed by atoms with Gasteiger partial charge in [-0.25, -0.2) is 9.59 Å². The van der Waals surface area contributed by atoms with E-state index in [0.29, 0.717) is 18.0 Å². The van der Waals surface area contributed by atoms with E-state index in [-0.39, 0.29) is 6.61 Å². The minimum atomic E-state index is -0.699. The predicted molar refractivity (Wildman–Crippen MR) is 83.1 cm³/mol. The maximum atomic E-state index is 11.5. The molecule has 6 nitrogen and oxygen atoms in total. The van der Waals surface area contributed by atoms with Gasteiger partial charge >= 0.3 is 12.1 Å². The van der Waals surface area contributed by atoms with Crippen LogP contribution < -0.4 is 10.1 Å². The van der Waals surface area contributed by atoms with Gasteiger partial charge in [0.1, 0.15) is 12.4 Å². The van der Waals surface area contributed by atoms with E-state index in [0.717, 1.165) is 5.56 Å². The average molecular weight is 307 g/mol. The molecular formula is C16H21NO5. The Morgan fingerprint density at radius 2 is 2.09 bits per heavy atom. The molecule has 1 N–H and O–H groups in total. The molecule has 0 heterocycles. The number of carbonyl (C=O) groups excluding carboxylic acids is 2. The van der Waals surface area contributed by atoms with Gasteiger partial charge in [0.2, 0.25) is 0 Å². The fourth-order valence-corrected chi connectivity index (χ4v) is 1.65. The summed E-state index contributed by atoms with van der Waals surface area (Å²) < 4.78 is 15.3. The minimum absolute atomic E-state index is 0.142. The zero-order valence-corrected chi connectivity index (χ0v) is 13.0. The third kappa shape index (κ3) is 5.47. The quantitative estimate of drug-likeness (QED) is 0.619. The average Bonchev–Trinajstić information content (AvgIpc) is 2.48. The van der Waals surface area contributed by atoms with E-state index in [2.05, 4.69) is 11.9 Å². The van der Waals surface area contributed by atoms with Crippen LogP contribution in [0, 0.1) is 6.92 Å². The zero-order chi connectivity index (χ0) is 16.5. The number of esters is 1. The summed E-state index contributed by atoms with van der Waals surface area (Å²) in [5.74, 6) is 0.127. The van der Waals surface area contributed by atoms with Crippen LogP contribution in [-0.4, -0.2) is 31.4 Å². The molecule has 0 fully saturated rings. The van der Waals surface area contributed by atoms with Crippen molar-refractivity contribution in [3.63, 3.8) is 0 Å². The van der Waals surface area contributed by atoms with Crippen molar-refractivity contribution in [3.05, 3.63) is 36.4 Å². The van der Waals surface area contributed by atoms with Crippen molar-refractivity contribution in [2.24, 2.45) is 0 Å². The topological polar surface area (TPSA) is 73.9 Å². The van der Waals surface area contributed by atoms with Crippen LogP contribution in [0.2, 0.25) is 0 Å². The van der Waals surface area contributed by atoms with Gasteiger partial charge in [-0.05, 0) is 44.5 Å². The molecule has 0 bridgehead atoms. The Morgan fingerprint density at radius 1 is 1.36 bits per heavy atom. The van der Waals surface area contributed by atoms with Gasteiger partial charge in [0.05, 0.1) is 6.61 Å². The molecule has 0 radical (unpaired) electrons. The first-order chi connectivity index (χ1) is 10.5. The number of hydrogen-bond acceptors (Lipinski definition) is 5. The Hall–Kier alpha value is -2.50. The first-order valence-corrected chi connectivity index (χ1v) is 6.96. The molecule has 1 aromatic rings. The van der Waals surface area contributed by atoms with Gasteiger partial charge in [-0.1, -0.05) is 12.7 Å². The Bertz CT molecular complexity index is 541. The van der Waals surface area contributed by atoms with Gasteiger partial charge in [-0.3, -0.25) is 5.32 Å². The molecule has 1 aromatic carbocycles. The van der Waals surface area contributed by atoms with E-state index in [9.17, 15) is 9.59 Å². The maximum Gasteiger partial charge on any atom is 0.411 e. The summed E-state index contributed by atoms with van der Waals surface area (Å²) in [6.07, 6.45) is 0.223. The molecule has 0 aliphatic heterocycles. The molecule has 6 heteroatoms. The summed E-state index contributed by atoms with van der Waals surface area (Å²) in [5, 5.41) is 2.59. The van der Waals surface area contributed by atoms with Crippen molar-refractivity contribution in [2.75, 3.05) is 18.5 Å². The number of ether oxygens (including phenoxy) is 3. The summed E-state index contributed by atoms with van der Waals surface area (Å²) in [7, 11) is 0. The van der Waals surface area contributed by atoms with E-state index >= 15 is 0 Å². The van der Waals surface area contributed by atoms with Crippen LogP contribution in [0.3, 0.4) is 0 Å². The van der Waals surface area contributed by atoms with Gasteiger partial charge < -0.3 is 14.2 Å². The molecule has 0 saturated heterocycles. The van der Waals surface area contributed by atoms with E-state index in [4.69, 9.17) is 14.2 Å². The molecule has 0 aliphatic rings. The third-order valence-electron chi connectivity index (χ3n) is 2.68. The van der Waals surface area contributed by atoms with E-state index in [1.165, 1.54) is 6.08 Å². The smallest absolute Gasteiger partial charge is 0.411 e. The van der Waals surface area contributed by atoms with Gasteiger partial charge in [0.15, 0.2) is 6.10 Å². The molecule has 22 heavy (non-hydrogen) atoms. The molecule has 1 atom stereocenters. The second-order valence-electron chi connectivity index (χ2n) is 4.50. The monoisotopic (exact) mass is 307 g/mol. The fourth-order valence-electron chi connectivity index (χ4n) is 1.65. The van der Waals surface area contributed by atoms with Crippen LogP contribution in [0.25, 0.3) is 0 Å². The maximum absolute atomic E-state index is 11.5. The fraction of sp³-hybridized carbons (Fsp3) is 0.375. The first kappa shape index (κ1) is 17.6. The van der Waals surface area contributed by atoms with Gasteiger partial charge in [0.25, 0.3) is 0 Å². The molecule has 0 spiro atoms. The van der Waals surface area contributed by atoms with Crippen molar-refractivity contribution in [1.29, 1.82) is 0 Å². The number of nitrogens with one attached hydrogen (secondary N) is 1. The number of rotatable bonds is 7. The van der Waals surface area contributed by atoms with Crippen LogP contribution in [0.1, 0.15) is 19.4 Å². The van der Waals surface area contributed by atoms with E-state index < -0.39 is 18.2 Å². The lowest BCUT2D eigenvalue weighted by Crippen LogP contribution is -2.26. The Labute approximate surface area is 130 Å². The normalized spacial score (nSPS) is 11.2. The lowest BCUT2D eigenvalue weighted by Gasteiger charge is -2.16. The van der Waals surface area contributed by atoms with Gasteiger partial charge in [-0.2, -0.15) is 0 Å². The largest absolute Gasteiger partial charge is 0.479 e. The van der Waals surface area contributed by atoms with Crippen LogP contribution in [-0.2, 0) is 14.3 Å². The SMILES string of the molecule is C=CCOC(=O)Nc1ccc(OC(C)C(=O)OCC)c(C)c1. The second kappa shape index (κ2) is 8.71. The highest BCUT2D eigenvalue weighted by Crippen LogP contribution is 2.23. The molecule has 1 unspecified atom stereocenters. The summed E-state index contributed by atoms with van der Waals surface area (Å²) in [4.78, 5) is 23.0. The minimum Gasteiger partial charge on any atom is -0.479 e. The predicted octanol–water partition coefficient (Wildman–Crippen LogP) is 3.06. The van der Waals surface area contributed by atoms with Gasteiger partial charge in [0, 0.05) is 5.69 Å². The molecule has 0 saturated carbocycles. The number of hydrogen-bond donors (Lipinski definition) is 1. The number of aryl methyl sites for hydroxylation is 1. The number of carbonyl (C=O) groups is 2. The van der Waals surface area contributed by atoms with Crippen molar-refractivity contribution in [3.8, 4) is 5.75 Å². The molecule has 1 amide bonds. The first-order valence-electron chi connectivity index (χ1n) is 6.96. The van der Waals surface area contributed by atoms with Crippen LogP contribution in [0.4, 0.5) is 10.5 Å². The lowest BCUT2D eigenvalue weighted by atomic mass is 10.2. The number of anilines is 1. The van der Waals surface area contributed by atoms with Crippen molar-refractivity contribution < 1.29 is 23.8 Å². The Morgan fingerprint density at radius 3 is 2.68 bits per heavy atom. The van der Waals surface area contributed by atoms with E-state index in [1.807, 2.05) is 6.92 Å². The van der Waals surface area contributed by atoms with Crippen LogP contribution in [0.5, 0.6) is 5.75 Å². The number of benzene rings is 1. The summed E-state index contributed by atoms with van der Waals surface area (Å²) in [6, 6.07) is 5.06. The van der Waals surface area contributed by atoms with Crippen LogP contribution in [0.15, 0.2) is 30.9 Å². The summed E-state index contributed by atoms with van der Waals surface area (Å²) in [5.41, 5.74) is 1.35. The Kier molecular flexibility index (Phi) is 6.95. The Balaban J connectivity index is 2.67. The molecule has 0 aliphatic carbocycles. The molecule has 1 rings (SSSR count). The van der Waals surface area contributed by atoms with Crippen molar-refractivity contribution in [2.45, 2.75) is 26.9 Å². The van der Waals surface area contributed by atoms with E-state index in [1.54, 1.807) is 32.0 Å². The summed E-state index contributed by atoms with van der Waals surface area (Å²) >= 11 is 0.